The van der Waals surface area contributed by atoms with Crippen molar-refractivity contribution in [2.24, 2.45) is 0 Å². The third kappa shape index (κ3) is 4.14. The number of aromatic amines is 1. The second-order valence-electron chi connectivity index (χ2n) is 6.88. The van der Waals surface area contributed by atoms with E-state index in [1.54, 1.807) is 17.4 Å². The topological polar surface area (TPSA) is 78.1 Å². The Hall–Kier alpha value is -2.93. The molecule has 3 heterocycles. The molecule has 3 aromatic rings. The largest absolute Gasteiger partial charge is 0.347 e. The van der Waals surface area contributed by atoms with Gasteiger partial charge >= 0.3 is 0 Å². The van der Waals surface area contributed by atoms with Gasteiger partial charge in [-0.2, -0.15) is 5.10 Å². The summed E-state index contributed by atoms with van der Waals surface area (Å²) in [6, 6.07) is 13.1. The Balaban J connectivity index is 1.33. The molecule has 0 unspecified atom stereocenters. The van der Waals surface area contributed by atoms with Crippen LogP contribution in [-0.4, -0.2) is 40.0 Å². The Morgan fingerprint density at radius 3 is 2.61 bits per heavy atom. The van der Waals surface area contributed by atoms with E-state index in [0.717, 1.165) is 42.1 Å². The molecular weight excluding hydrogens is 372 g/mol. The monoisotopic (exact) mass is 394 g/mol. The molecule has 4 rings (SSSR count). The van der Waals surface area contributed by atoms with E-state index >= 15 is 0 Å². The fraction of sp³-hybridized carbons (Fsp3) is 0.286. The summed E-state index contributed by atoms with van der Waals surface area (Å²) in [5.74, 6) is -0.138. The second-order valence-corrected chi connectivity index (χ2v) is 7.82. The Kier molecular flexibility index (Phi) is 5.53. The van der Waals surface area contributed by atoms with E-state index in [2.05, 4.69) is 15.5 Å². The molecule has 2 amide bonds. The van der Waals surface area contributed by atoms with Crippen LogP contribution in [0.25, 0.3) is 10.6 Å². The Bertz CT molecular complexity index is 941. The number of aromatic nitrogens is 2. The highest BCUT2D eigenvalue weighted by Crippen LogP contribution is 2.22. The molecule has 1 fully saturated rings. The molecule has 1 saturated heterocycles. The van der Waals surface area contributed by atoms with Gasteiger partial charge in [0.2, 0.25) is 0 Å². The lowest BCUT2D eigenvalue weighted by Crippen LogP contribution is -2.35. The lowest BCUT2D eigenvalue weighted by molar-refractivity contribution is 0.0724. The second kappa shape index (κ2) is 8.39. The van der Waals surface area contributed by atoms with Gasteiger partial charge in [0, 0.05) is 25.2 Å². The average molecular weight is 394 g/mol. The highest BCUT2D eigenvalue weighted by atomic mass is 32.1. The molecule has 28 heavy (non-hydrogen) atoms. The van der Waals surface area contributed by atoms with Crippen LogP contribution < -0.4 is 5.32 Å². The molecule has 0 aliphatic carbocycles. The summed E-state index contributed by atoms with van der Waals surface area (Å²) in [5, 5.41) is 11.8. The average Bonchev–Trinajstić information content (AvgIpc) is 3.44. The van der Waals surface area contributed by atoms with Crippen molar-refractivity contribution >= 4 is 23.2 Å². The SMILES string of the molecule is O=C(NCc1ccc(C(=O)N2CCCCC2)cc1)c1cc(-c2cccs2)[nH]n1. The Morgan fingerprint density at radius 2 is 1.89 bits per heavy atom. The van der Waals surface area contributed by atoms with Crippen LogP contribution in [0.4, 0.5) is 0 Å². The number of rotatable bonds is 5. The fourth-order valence-electron chi connectivity index (χ4n) is 3.31. The predicted molar refractivity (Wildman–Crippen MR) is 109 cm³/mol. The van der Waals surface area contributed by atoms with Crippen molar-refractivity contribution in [1.82, 2.24) is 20.4 Å². The molecule has 0 bridgehead atoms. The molecule has 0 atom stereocenters. The molecular formula is C21H22N4O2S. The van der Waals surface area contributed by atoms with Crippen molar-refractivity contribution in [1.29, 1.82) is 0 Å². The number of H-pyrrole nitrogens is 1. The lowest BCUT2D eigenvalue weighted by Gasteiger charge is -2.26. The van der Waals surface area contributed by atoms with Crippen LogP contribution in [0.3, 0.4) is 0 Å². The van der Waals surface area contributed by atoms with Gasteiger partial charge in [-0.05, 0) is 54.5 Å². The molecule has 1 aliphatic rings. The third-order valence-electron chi connectivity index (χ3n) is 4.89. The van der Waals surface area contributed by atoms with Gasteiger partial charge in [-0.25, -0.2) is 0 Å². The molecule has 7 heteroatoms. The van der Waals surface area contributed by atoms with Gasteiger partial charge in [0.25, 0.3) is 11.8 Å². The minimum Gasteiger partial charge on any atom is -0.347 e. The predicted octanol–water partition coefficient (Wildman–Crippen LogP) is 3.69. The van der Waals surface area contributed by atoms with E-state index in [0.29, 0.717) is 17.8 Å². The van der Waals surface area contributed by atoms with Crippen LogP contribution >= 0.6 is 11.3 Å². The van der Waals surface area contributed by atoms with Crippen LogP contribution in [-0.2, 0) is 6.54 Å². The van der Waals surface area contributed by atoms with Gasteiger partial charge in [0.05, 0.1) is 10.6 Å². The van der Waals surface area contributed by atoms with Crippen molar-refractivity contribution < 1.29 is 9.59 Å². The van der Waals surface area contributed by atoms with Gasteiger partial charge in [-0.1, -0.05) is 18.2 Å². The zero-order chi connectivity index (χ0) is 19.3. The van der Waals surface area contributed by atoms with Crippen molar-refractivity contribution in [2.75, 3.05) is 13.1 Å². The first-order chi connectivity index (χ1) is 13.7. The molecule has 2 N–H and O–H groups in total. The smallest absolute Gasteiger partial charge is 0.272 e. The number of carbonyl (C=O) groups is 2. The van der Waals surface area contributed by atoms with Crippen LogP contribution in [0, 0.1) is 0 Å². The Morgan fingerprint density at radius 1 is 1.11 bits per heavy atom. The summed E-state index contributed by atoms with van der Waals surface area (Å²) in [6.45, 7) is 2.07. The summed E-state index contributed by atoms with van der Waals surface area (Å²) in [6.07, 6.45) is 3.36. The third-order valence-corrected chi connectivity index (χ3v) is 5.80. The summed E-state index contributed by atoms with van der Waals surface area (Å²) >= 11 is 1.59. The van der Waals surface area contributed by atoms with Crippen LogP contribution in [0.15, 0.2) is 47.8 Å². The van der Waals surface area contributed by atoms with E-state index in [4.69, 9.17) is 0 Å². The standard InChI is InChI=1S/C21H22N4O2S/c26-20(18-13-17(23-24-18)19-5-4-12-28-19)22-14-15-6-8-16(9-7-15)21(27)25-10-2-1-3-11-25/h4-9,12-13H,1-3,10-11,14H2,(H,22,26)(H,23,24). The van der Waals surface area contributed by atoms with E-state index < -0.39 is 0 Å². The maximum atomic E-state index is 12.5. The summed E-state index contributed by atoms with van der Waals surface area (Å²) in [5.41, 5.74) is 2.84. The zero-order valence-electron chi connectivity index (χ0n) is 15.5. The zero-order valence-corrected chi connectivity index (χ0v) is 16.3. The number of hydrogen-bond acceptors (Lipinski definition) is 4. The normalized spacial score (nSPS) is 14.1. The number of nitrogens with zero attached hydrogens (tertiary/aromatic N) is 2. The van der Waals surface area contributed by atoms with Crippen molar-refractivity contribution in [3.8, 4) is 10.6 Å². The van der Waals surface area contributed by atoms with Gasteiger partial charge < -0.3 is 10.2 Å². The number of carbonyl (C=O) groups excluding carboxylic acids is 2. The van der Waals surface area contributed by atoms with Crippen LogP contribution in [0.2, 0.25) is 0 Å². The quantitative estimate of drug-likeness (QED) is 0.693. The highest BCUT2D eigenvalue weighted by molar-refractivity contribution is 7.13. The number of likely N-dealkylation sites (tertiary alicyclic amines) is 1. The highest BCUT2D eigenvalue weighted by Gasteiger charge is 2.18. The Labute approximate surface area is 167 Å². The van der Waals surface area contributed by atoms with Gasteiger partial charge in [0.15, 0.2) is 5.69 Å². The van der Waals surface area contributed by atoms with E-state index in [9.17, 15) is 9.59 Å². The van der Waals surface area contributed by atoms with E-state index in [1.807, 2.05) is 46.7 Å². The molecule has 0 spiro atoms. The number of nitrogens with one attached hydrogen (secondary N) is 2. The van der Waals surface area contributed by atoms with Crippen LogP contribution in [0.1, 0.15) is 45.7 Å². The molecule has 1 aromatic carbocycles. The molecule has 2 aromatic heterocycles. The lowest BCUT2D eigenvalue weighted by atomic mass is 10.1. The van der Waals surface area contributed by atoms with Crippen molar-refractivity contribution in [3.05, 3.63) is 64.7 Å². The van der Waals surface area contributed by atoms with Crippen LogP contribution in [0.5, 0.6) is 0 Å². The van der Waals surface area contributed by atoms with Gasteiger partial charge in [0.1, 0.15) is 0 Å². The molecule has 6 nitrogen and oxygen atoms in total. The number of amides is 2. The number of thiophene rings is 1. The summed E-state index contributed by atoms with van der Waals surface area (Å²) in [4.78, 5) is 27.8. The molecule has 144 valence electrons. The molecule has 1 aliphatic heterocycles. The van der Waals surface area contributed by atoms with Crippen molar-refractivity contribution in [3.63, 3.8) is 0 Å². The summed E-state index contributed by atoms with van der Waals surface area (Å²) < 4.78 is 0. The van der Waals surface area contributed by atoms with E-state index in [1.165, 1.54) is 6.42 Å². The maximum absolute atomic E-state index is 12.5. The molecule has 0 radical (unpaired) electrons. The first-order valence-corrected chi connectivity index (χ1v) is 10.3. The number of piperidine rings is 1. The van der Waals surface area contributed by atoms with Gasteiger partial charge in [-0.15, -0.1) is 11.3 Å². The van der Waals surface area contributed by atoms with Crippen molar-refractivity contribution in [2.45, 2.75) is 25.8 Å². The van der Waals surface area contributed by atoms with Gasteiger partial charge in [-0.3, -0.25) is 14.7 Å². The first-order valence-electron chi connectivity index (χ1n) is 9.46. The number of hydrogen-bond donors (Lipinski definition) is 2. The minimum absolute atomic E-state index is 0.0907. The minimum atomic E-state index is -0.229. The first kappa shape index (κ1) is 18.4. The molecule has 0 saturated carbocycles. The number of benzene rings is 1. The van der Waals surface area contributed by atoms with E-state index in [-0.39, 0.29) is 11.8 Å². The fourth-order valence-corrected chi connectivity index (χ4v) is 4.01. The summed E-state index contributed by atoms with van der Waals surface area (Å²) in [7, 11) is 0. The maximum Gasteiger partial charge on any atom is 0.272 e.